The first-order chi connectivity index (χ1) is 9.59. The molecule has 1 fully saturated rings. The number of nitrogens with zero attached hydrogens (tertiary/aromatic N) is 2. The van der Waals surface area contributed by atoms with E-state index >= 15 is 0 Å². The van der Waals surface area contributed by atoms with Crippen LogP contribution in [0.4, 0.5) is 10.5 Å². The van der Waals surface area contributed by atoms with Crippen LogP contribution in [0.3, 0.4) is 0 Å². The van der Waals surface area contributed by atoms with Crippen LogP contribution < -0.4 is 4.90 Å². The third-order valence-electron chi connectivity index (χ3n) is 4.30. The Hall–Kier alpha value is -2.04. The lowest BCUT2D eigenvalue weighted by Gasteiger charge is -2.28. The van der Waals surface area contributed by atoms with E-state index in [-0.39, 0.29) is 18.6 Å². The quantitative estimate of drug-likeness (QED) is 0.854. The molecule has 0 aliphatic carbocycles. The minimum atomic E-state index is -0.873. The summed E-state index contributed by atoms with van der Waals surface area (Å²) in [6, 6.07) is 7.47. The van der Waals surface area contributed by atoms with Crippen LogP contribution in [0.5, 0.6) is 0 Å². The summed E-state index contributed by atoms with van der Waals surface area (Å²) in [6.07, 6.45) is 2.04. The molecule has 3 rings (SSSR count). The largest absolute Gasteiger partial charge is 0.481 e. The highest BCUT2D eigenvalue weighted by molar-refractivity contribution is 5.98. The van der Waals surface area contributed by atoms with Gasteiger partial charge >= 0.3 is 12.0 Å². The zero-order valence-electron chi connectivity index (χ0n) is 11.5. The fourth-order valence-electron chi connectivity index (χ4n) is 3.17. The van der Waals surface area contributed by atoms with Gasteiger partial charge in [-0.2, -0.15) is 0 Å². The zero-order chi connectivity index (χ0) is 14.3. The van der Waals surface area contributed by atoms with Crippen molar-refractivity contribution in [1.29, 1.82) is 0 Å². The van der Waals surface area contributed by atoms with Gasteiger partial charge in [0.15, 0.2) is 0 Å². The van der Waals surface area contributed by atoms with Gasteiger partial charge < -0.3 is 10.0 Å². The second-order valence-corrected chi connectivity index (χ2v) is 5.53. The third-order valence-corrected chi connectivity index (χ3v) is 4.30. The van der Waals surface area contributed by atoms with E-state index in [0.29, 0.717) is 0 Å². The number of urea groups is 1. The van der Waals surface area contributed by atoms with E-state index in [1.165, 1.54) is 0 Å². The normalized spacial score (nSPS) is 24.9. The van der Waals surface area contributed by atoms with Crippen LogP contribution in [0.15, 0.2) is 24.3 Å². The van der Waals surface area contributed by atoms with Gasteiger partial charge in [-0.05, 0) is 31.4 Å². The molecule has 2 aliphatic heterocycles. The van der Waals surface area contributed by atoms with Crippen LogP contribution in [0.2, 0.25) is 0 Å². The number of amides is 2. The van der Waals surface area contributed by atoms with Crippen LogP contribution in [-0.2, 0) is 4.79 Å². The van der Waals surface area contributed by atoms with Gasteiger partial charge in [-0.3, -0.25) is 9.69 Å². The number of hydrogen-bond acceptors (Lipinski definition) is 2. The van der Waals surface area contributed by atoms with Crippen molar-refractivity contribution < 1.29 is 14.7 Å². The molecule has 0 bridgehead atoms. The van der Waals surface area contributed by atoms with Gasteiger partial charge in [0, 0.05) is 24.8 Å². The molecule has 2 heterocycles. The molecule has 0 saturated carbocycles. The first kappa shape index (κ1) is 13.0. The highest BCUT2D eigenvalue weighted by Gasteiger charge is 2.39. The van der Waals surface area contributed by atoms with Crippen molar-refractivity contribution in [3.8, 4) is 0 Å². The van der Waals surface area contributed by atoms with Crippen LogP contribution in [0.1, 0.15) is 31.2 Å². The minimum Gasteiger partial charge on any atom is -0.481 e. The van der Waals surface area contributed by atoms with Crippen molar-refractivity contribution in [3.05, 3.63) is 29.8 Å². The molecule has 2 atom stereocenters. The molecular formula is C15H18N2O3. The van der Waals surface area contributed by atoms with E-state index in [2.05, 4.69) is 0 Å². The maximum Gasteiger partial charge on any atom is 0.324 e. The summed E-state index contributed by atoms with van der Waals surface area (Å²) in [5, 5.41) is 9.33. The molecule has 2 unspecified atom stereocenters. The topological polar surface area (TPSA) is 60.9 Å². The van der Waals surface area contributed by atoms with E-state index < -0.39 is 11.9 Å². The van der Waals surface area contributed by atoms with Crippen molar-refractivity contribution in [3.63, 3.8) is 0 Å². The van der Waals surface area contributed by atoms with Gasteiger partial charge in [-0.15, -0.1) is 0 Å². The van der Waals surface area contributed by atoms with E-state index in [0.717, 1.165) is 30.6 Å². The summed E-state index contributed by atoms with van der Waals surface area (Å²) >= 11 is 0. The van der Waals surface area contributed by atoms with Crippen LogP contribution in [0, 0.1) is 0 Å². The standard InChI is InChI=1S/C15H18N2O3/c1-10-5-4-8-16(10)15(20)17-9-12(14(18)19)11-6-2-3-7-13(11)17/h2-3,6-7,10,12H,4-5,8-9H2,1H3,(H,18,19). The van der Waals surface area contributed by atoms with E-state index in [4.69, 9.17) is 0 Å². The first-order valence-electron chi connectivity index (χ1n) is 6.99. The van der Waals surface area contributed by atoms with E-state index in [1.54, 1.807) is 11.0 Å². The molecule has 0 aromatic heterocycles. The number of anilines is 1. The molecule has 1 N–H and O–H groups in total. The Balaban J connectivity index is 1.92. The maximum atomic E-state index is 12.6. The number of carbonyl (C=O) groups excluding carboxylic acids is 1. The van der Waals surface area contributed by atoms with Crippen molar-refractivity contribution in [2.45, 2.75) is 31.7 Å². The number of carboxylic acid groups (broad SMARTS) is 1. The molecule has 2 aliphatic rings. The average Bonchev–Trinajstić information content (AvgIpc) is 3.01. The lowest BCUT2D eigenvalue weighted by atomic mass is 10.0. The second kappa shape index (κ2) is 4.81. The highest BCUT2D eigenvalue weighted by atomic mass is 16.4. The average molecular weight is 274 g/mol. The first-order valence-corrected chi connectivity index (χ1v) is 6.99. The summed E-state index contributed by atoms with van der Waals surface area (Å²) in [7, 11) is 0. The number of aliphatic carboxylic acids is 1. The minimum absolute atomic E-state index is 0.0637. The van der Waals surface area contributed by atoms with Crippen LogP contribution in [-0.4, -0.2) is 41.1 Å². The second-order valence-electron chi connectivity index (χ2n) is 5.53. The fraction of sp³-hybridized carbons (Fsp3) is 0.467. The van der Waals surface area contributed by atoms with Crippen molar-refractivity contribution in [2.75, 3.05) is 18.0 Å². The van der Waals surface area contributed by atoms with Crippen LogP contribution >= 0.6 is 0 Å². The number of carbonyl (C=O) groups is 2. The van der Waals surface area contributed by atoms with Gasteiger partial charge in [0.2, 0.25) is 0 Å². The number of likely N-dealkylation sites (tertiary alicyclic amines) is 1. The lowest BCUT2D eigenvalue weighted by Crippen LogP contribution is -2.44. The number of carboxylic acids is 1. The summed E-state index contributed by atoms with van der Waals surface area (Å²) in [5.74, 6) is -1.49. The van der Waals surface area contributed by atoms with E-state index in [1.807, 2.05) is 30.0 Å². The molecule has 5 heteroatoms. The summed E-state index contributed by atoms with van der Waals surface area (Å²) < 4.78 is 0. The number of rotatable bonds is 1. The third kappa shape index (κ3) is 1.94. The van der Waals surface area contributed by atoms with Gasteiger partial charge in [-0.25, -0.2) is 4.79 Å². The molecule has 1 saturated heterocycles. The van der Waals surface area contributed by atoms with Crippen molar-refractivity contribution >= 4 is 17.7 Å². The lowest BCUT2D eigenvalue weighted by molar-refractivity contribution is -0.138. The maximum absolute atomic E-state index is 12.6. The van der Waals surface area contributed by atoms with Crippen molar-refractivity contribution in [2.24, 2.45) is 0 Å². The zero-order valence-corrected chi connectivity index (χ0v) is 11.5. The monoisotopic (exact) mass is 274 g/mol. The number of fused-ring (bicyclic) bond motifs is 1. The van der Waals surface area contributed by atoms with Crippen molar-refractivity contribution in [1.82, 2.24) is 4.90 Å². The Morgan fingerprint density at radius 2 is 2.05 bits per heavy atom. The molecule has 1 aromatic carbocycles. The SMILES string of the molecule is CC1CCCN1C(=O)N1CC(C(=O)O)c2ccccc21. The Morgan fingerprint density at radius 3 is 2.70 bits per heavy atom. The molecule has 0 radical (unpaired) electrons. The Bertz CT molecular complexity index is 558. The van der Waals surface area contributed by atoms with Gasteiger partial charge in [0.05, 0.1) is 0 Å². The molecule has 1 aromatic rings. The Morgan fingerprint density at radius 1 is 1.30 bits per heavy atom. The fourth-order valence-corrected chi connectivity index (χ4v) is 3.17. The number of para-hydroxylation sites is 1. The number of benzene rings is 1. The Labute approximate surface area is 117 Å². The molecular weight excluding hydrogens is 256 g/mol. The molecule has 2 amide bonds. The molecule has 20 heavy (non-hydrogen) atoms. The predicted octanol–water partition coefficient (Wildman–Crippen LogP) is 2.28. The molecule has 5 nitrogen and oxygen atoms in total. The van der Waals surface area contributed by atoms with Gasteiger partial charge in [0.25, 0.3) is 0 Å². The van der Waals surface area contributed by atoms with Gasteiger partial charge in [0.1, 0.15) is 5.92 Å². The Kier molecular flexibility index (Phi) is 3.12. The summed E-state index contributed by atoms with van der Waals surface area (Å²) in [5.41, 5.74) is 1.48. The summed E-state index contributed by atoms with van der Waals surface area (Å²) in [6.45, 7) is 3.04. The summed E-state index contributed by atoms with van der Waals surface area (Å²) in [4.78, 5) is 27.5. The smallest absolute Gasteiger partial charge is 0.324 e. The van der Waals surface area contributed by atoms with Gasteiger partial charge in [-0.1, -0.05) is 18.2 Å². The predicted molar refractivity (Wildman–Crippen MR) is 75.0 cm³/mol. The highest BCUT2D eigenvalue weighted by Crippen LogP contribution is 2.37. The van der Waals surface area contributed by atoms with E-state index in [9.17, 15) is 14.7 Å². The number of hydrogen-bond donors (Lipinski definition) is 1. The van der Waals surface area contributed by atoms with Crippen LogP contribution in [0.25, 0.3) is 0 Å². The molecule has 106 valence electrons. The molecule has 0 spiro atoms.